The minimum absolute atomic E-state index is 0.0848. The number of aliphatic imine (C=N–C) groups is 1. The quantitative estimate of drug-likeness (QED) is 0.673. The highest BCUT2D eigenvalue weighted by molar-refractivity contribution is 6.15. The first kappa shape index (κ1) is 16.8. The van der Waals surface area contributed by atoms with Crippen LogP contribution in [0.3, 0.4) is 0 Å². The van der Waals surface area contributed by atoms with E-state index in [4.69, 9.17) is 4.99 Å². The number of fused-ring (bicyclic) bond motifs is 2. The van der Waals surface area contributed by atoms with Gasteiger partial charge in [-0.1, -0.05) is 43.3 Å². The Labute approximate surface area is 164 Å². The predicted octanol–water partition coefficient (Wildman–Crippen LogP) is 4.74. The number of pyridine rings is 1. The van der Waals surface area contributed by atoms with Crippen molar-refractivity contribution in [1.29, 1.82) is 0 Å². The Morgan fingerprint density at radius 3 is 2.64 bits per heavy atom. The number of hydrogen-bond acceptors (Lipinski definition) is 3. The summed E-state index contributed by atoms with van der Waals surface area (Å²) in [6.07, 6.45) is 6.18. The zero-order valence-corrected chi connectivity index (χ0v) is 15.7. The Bertz CT molecular complexity index is 1130. The van der Waals surface area contributed by atoms with Gasteiger partial charge >= 0.3 is 0 Å². The molecule has 0 spiro atoms. The maximum atomic E-state index is 12.9. The van der Waals surface area contributed by atoms with Crippen molar-refractivity contribution in [1.82, 2.24) is 4.98 Å². The topological polar surface area (TPSA) is 42.3 Å². The highest BCUT2D eigenvalue weighted by Crippen LogP contribution is 2.35. The molecule has 0 amide bonds. The first-order valence-electron chi connectivity index (χ1n) is 9.61. The van der Waals surface area contributed by atoms with Crippen LogP contribution in [-0.2, 0) is 17.8 Å². The number of aromatic nitrogens is 1. The fourth-order valence-corrected chi connectivity index (χ4v) is 4.16. The van der Waals surface area contributed by atoms with Gasteiger partial charge in [-0.3, -0.25) is 14.8 Å². The van der Waals surface area contributed by atoms with Gasteiger partial charge in [0.05, 0.1) is 12.3 Å². The van der Waals surface area contributed by atoms with E-state index in [0.717, 1.165) is 33.5 Å². The molecule has 2 aromatic carbocycles. The van der Waals surface area contributed by atoms with Gasteiger partial charge in [-0.2, -0.15) is 0 Å². The normalized spacial score (nSPS) is 16.1. The molecule has 2 heterocycles. The molecule has 1 aliphatic heterocycles. The smallest absolute Gasteiger partial charge is 0.163 e. The Morgan fingerprint density at radius 2 is 1.86 bits per heavy atom. The molecular formula is C25H20N2O. The highest BCUT2D eigenvalue weighted by Gasteiger charge is 2.27. The molecule has 0 radical (unpaired) electrons. The third-order valence-corrected chi connectivity index (χ3v) is 5.71. The second kappa shape index (κ2) is 6.68. The number of Topliss-reactive ketones (excluding diaryl/α,β-unsaturated/α-hetero) is 1. The van der Waals surface area contributed by atoms with E-state index in [-0.39, 0.29) is 11.7 Å². The van der Waals surface area contributed by atoms with Gasteiger partial charge in [0, 0.05) is 41.4 Å². The van der Waals surface area contributed by atoms with Gasteiger partial charge in [0.25, 0.3) is 0 Å². The molecule has 1 atom stereocenters. The maximum absolute atomic E-state index is 12.9. The molecule has 3 heteroatoms. The lowest BCUT2D eigenvalue weighted by Gasteiger charge is -2.22. The molecule has 0 saturated heterocycles. The summed E-state index contributed by atoms with van der Waals surface area (Å²) >= 11 is 0. The Hall–Kier alpha value is -3.33. The van der Waals surface area contributed by atoms with Gasteiger partial charge in [-0.15, -0.1) is 0 Å². The van der Waals surface area contributed by atoms with E-state index in [9.17, 15) is 4.79 Å². The van der Waals surface area contributed by atoms with Crippen molar-refractivity contribution < 1.29 is 4.79 Å². The minimum Gasteiger partial charge on any atom is -0.294 e. The van der Waals surface area contributed by atoms with E-state index in [2.05, 4.69) is 42.2 Å². The van der Waals surface area contributed by atoms with E-state index < -0.39 is 0 Å². The molecule has 2 aliphatic rings. The fraction of sp³-hybridized carbons (Fsp3) is 0.160. The number of rotatable bonds is 3. The van der Waals surface area contributed by atoms with Crippen molar-refractivity contribution in [3.63, 3.8) is 0 Å². The Morgan fingerprint density at radius 1 is 1.00 bits per heavy atom. The van der Waals surface area contributed by atoms with Crippen molar-refractivity contribution in [3.8, 4) is 0 Å². The van der Waals surface area contributed by atoms with Crippen LogP contribution in [0.25, 0.3) is 6.08 Å². The second-order valence-corrected chi connectivity index (χ2v) is 7.45. The first-order chi connectivity index (χ1) is 13.7. The van der Waals surface area contributed by atoms with Gasteiger partial charge in [0.2, 0.25) is 0 Å². The number of carbonyl (C=O) groups is 1. The van der Waals surface area contributed by atoms with E-state index in [1.165, 1.54) is 11.1 Å². The lowest BCUT2D eigenvalue weighted by molar-refractivity contribution is -0.115. The summed E-state index contributed by atoms with van der Waals surface area (Å²) in [4.78, 5) is 21.8. The molecule has 0 fully saturated rings. The third-order valence-electron chi connectivity index (χ3n) is 5.71. The second-order valence-electron chi connectivity index (χ2n) is 7.45. The van der Waals surface area contributed by atoms with Crippen LogP contribution in [0.1, 0.15) is 46.2 Å². The van der Waals surface area contributed by atoms with Crippen LogP contribution in [-0.4, -0.2) is 16.5 Å². The molecule has 1 unspecified atom stereocenters. The predicted molar refractivity (Wildman–Crippen MR) is 112 cm³/mol. The first-order valence-corrected chi connectivity index (χ1v) is 9.61. The summed E-state index contributed by atoms with van der Waals surface area (Å²) in [6, 6.07) is 18.6. The number of hydrogen-bond donors (Lipinski definition) is 0. The van der Waals surface area contributed by atoms with Crippen molar-refractivity contribution in [3.05, 3.63) is 106 Å². The molecular weight excluding hydrogens is 344 g/mol. The van der Waals surface area contributed by atoms with Crippen molar-refractivity contribution in [2.45, 2.75) is 25.8 Å². The highest BCUT2D eigenvalue weighted by atomic mass is 16.1. The number of nitrogens with zero attached hydrogens (tertiary/aromatic N) is 2. The van der Waals surface area contributed by atoms with Crippen molar-refractivity contribution in [2.24, 2.45) is 4.99 Å². The van der Waals surface area contributed by atoms with Crippen LogP contribution in [0.5, 0.6) is 0 Å². The summed E-state index contributed by atoms with van der Waals surface area (Å²) in [5.74, 6) is 0.303. The zero-order chi connectivity index (χ0) is 19.1. The fourth-order valence-electron chi connectivity index (χ4n) is 4.16. The van der Waals surface area contributed by atoms with Crippen LogP contribution in [0.2, 0.25) is 0 Å². The summed E-state index contributed by atoms with van der Waals surface area (Å²) in [5, 5.41) is 0. The number of allylic oxidation sites excluding steroid dienone is 1. The van der Waals surface area contributed by atoms with Crippen LogP contribution in [0.4, 0.5) is 0 Å². The lowest BCUT2D eigenvalue weighted by atomic mass is 9.81. The molecule has 0 N–H and O–H groups in total. The van der Waals surface area contributed by atoms with Crippen molar-refractivity contribution in [2.75, 3.05) is 0 Å². The maximum Gasteiger partial charge on any atom is 0.163 e. The number of carbonyl (C=O) groups excluding carboxylic acids is 1. The molecule has 136 valence electrons. The largest absolute Gasteiger partial charge is 0.294 e. The SMILES string of the molecule is CC(C1=Cc2cc3c(cc2CC1=O)CN=C3c1cccnc1)c1ccccc1. The van der Waals surface area contributed by atoms with Gasteiger partial charge in [0.15, 0.2) is 5.78 Å². The van der Waals surface area contributed by atoms with E-state index >= 15 is 0 Å². The Kier molecular flexibility index (Phi) is 4.01. The summed E-state index contributed by atoms with van der Waals surface area (Å²) < 4.78 is 0. The zero-order valence-electron chi connectivity index (χ0n) is 15.7. The molecule has 1 aromatic heterocycles. The number of ketones is 1. The van der Waals surface area contributed by atoms with Crippen LogP contribution in [0, 0.1) is 0 Å². The molecule has 3 nitrogen and oxygen atoms in total. The molecule has 0 bridgehead atoms. The van der Waals surface area contributed by atoms with E-state index in [1.807, 2.05) is 36.5 Å². The molecule has 28 heavy (non-hydrogen) atoms. The van der Waals surface area contributed by atoms with Gasteiger partial charge in [0.1, 0.15) is 0 Å². The molecule has 5 rings (SSSR count). The van der Waals surface area contributed by atoms with E-state index in [0.29, 0.717) is 13.0 Å². The van der Waals surface area contributed by atoms with Gasteiger partial charge < -0.3 is 0 Å². The lowest BCUT2D eigenvalue weighted by Crippen LogP contribution is -2.17. The minimum atomic E-state index is 0.0848. The number of benzene rings is 2. The molecule has 1 aliphatic carbocycles. The average Bonchev–Trinajstić information content (AvgIpc) is 3.15. The summed E-state index contributed by atoms with van der Waals surface area (Å²) in [7, 11) is 0. The summed E-state index contributed by atoms with van der Waals surface area (Å²) in [6.45, 7) is 2.78. The monoisotopic (exact) mass is 364 g/mol. The Balaban J connectivity index is 1.57. The van der Waals surface area contributed by atoms with E-state index in [1.54, 1.807) is 6.20 Å². The average molecular weight is 364 g/mol. The van der Waals surface area contributed by atoms with Gasteiger partial charge in [-0.05, 0) is 46.5 Å². The summed E-state index contributed by atoms with van der Waals surface area (Å²) in [5.41, 5.74) is 8.68. The molecule has 3 aromatic rings. The third kappa shape index (κ3) is 2.80. The van der Waals surface area contributed by atoms with Gasteiger partial charge in [-0.25, -0.2) is 0 Å². The molecule has 0 saturated carbocycles. The van der Waals surface area contributed by atoms with Crippen LogP contribution < -0.4 is 0 Å². The van der Waals surface area contributed by atoms with Crippen molar-refractivity contribution >= 4 is 17.6 Å². The standard InChI is InChI=1S/C25H20N2O/c1-16(17-6-3-2-4-7-17)22-11-20-12-23-21(10-19(20)13-24(22)28)15-27-25(23)18-8-5-9-26-14-18/h2-12,14,16H,13,15H2,1H3. The van der Waals surface area contributed by atoms with Crippen LogP contribution in [0.15, 0.2) is 77.6 Å². The van der Waals surface area contributed by atoms with Crippen LogP contribution >= 0.6 is 0 Å².